The quantitative estimate of drug-likeness (QED) is 0.685. The van der Waals surface area contributed by atoms with Crippen molar-refractivity contribution in [3.05, 3.63) is 35.5 Å². The molecule has 2 N–H and O–H groups in total. The summed E-state index contributed by atoms with van der Waals surface area (Å²) in [5.41, 5.74) is 7.89. The molecule has 3 nitrogen and oxygen atoms in total. The van der Waals surface area contributed by atoms with E-state index in [1.165, 1.54) is 11.1 Å². The van der Waals surface area contributed by atoms with Crippen molar-refractivity contribution in [3.63, 3.8) is 0 Å². The Bertz CT molecular complexity index is 431. The van der Waals surface area contributed by atoms with Crippen LogP contribution in [0.5, 0.6) is 0 Å². The van der Waals surface area contributed by atoms with E-state index >= 15 is 0 Å². The van der Waals surface area contributed by atoms with Gasteiger partial charge in [0.2, 0.25) is 0 Å². The van der Waals surface area contributed by atoms with Crippen LogP contribution in [0.25, 0.3) is 0 Å². The first kappa shape index (κ1) is 19.1. The molecule has 0 saturated carbocycles. The second-order valence-electron chi connectivity index (χ2n) is 7.28. The molecule has 1 aliphatic rings. The second-order valence-corrected chi connectivity index (χ2v) is 7.28. The molecule has 3 heteroatoms. The Morgan fingerprint density at radius 3 is 2.50 bits per heavy atom. The van der Waals surface area contributed by atoms with E-state index in [2.05, 4.69) is 45.1 Å². The van der Waals surface area contributed by atoms with Crippen LogP contribution < -0.4 is 5.73 Å². The maximum absolute atomic E-state index is 6.09. The van der Waals surface area contributed by atoms with Crippen molar-refractivity contribution in [3.8, 4) is 0 Å². The minimum atomic E-state index is -0.259. The second kappa shape index (κ2) is 8.66. The summed E-state index contributed by atoms with van der Waals surface area (Å²) in [4.78, 5) is 0. The van der Waals surface area contributed by atoms with Gasteiger partial charge in [-0.05, 0) is 59.5 Å². The third-order valence-corrected chi connectivity index (χ3v) is 3.94. The molecule has 0 bridgehead atoms. The Balaban J connectivity index is 2.40. The Morgan fingerprint density at radius 1 is 1.09 bits per heavy atom. The molecule has 0 unspecified atom stereocenters. The highest BCUT2D eigenvalue weighted by molar-refractivity contribution is 5.24. The van der Waals surface area contributed by atoms with E-state index in [9.17, 15) is 0 Å². The topological polar surface area (TPSA) is 44.5 Å². The Hall–Kier alpha value is -0.900. The Labute approximate surface area is 136 Å². The lowest BCUT2D eigenvalue weighted by atomic mass is 10.0. The van der Waals surface area contributed by atoms with E-state index in [-0.39, 0.29) is 11.2 Å². The van der Waals surface area contributed by atoms with E-state index < -0.39 is 0 Å². The van der Waals surface area contributed by atoms with Gasteiger partial charge in [-0.3, -0.25) is 0 Å². The van der Waals surface area contributed by atoms with E-state index in [0.717, 1.165) is 19.3 Å². The van der Waals surface area contributed by atoms with Gasteiger partial charge in [-0.1, -0.05) is 29.9 Å². The minimum Gasteiger partial charge on any atom is -0.374 e. The van der Waals surface area contributed by atoms with E-state index in [1.54, 1.807) is 0 Å². The molecule has 126 valence electrons. The average Bonchev–Trinajstić information content (AvgIpc) is 2.41. The molecule has 0 aromatic carbocycles. The number of rotatable bonds is 8. The van der Waals surface area contributed by atoms with Gasteiger partial charge in [-0.15, -0.1) is 0 Å². The van der Waals surface area contributed by atoms with Gasteiger partial charge in [-0.25, -0.2) is 0 Å². The fraction of sp³-hybridized carbons (Fsp3) is 0.684. The van der Waals surface area contributed by atoms with Crippen molar-refractivity contribution in [2.45, 2.75) is 65.1 Å². The van der Waals surface area contributed by atoms with Gasteiger partial charge in [0, 0.05) is 6.54 Å². The normalized spacial score (nSPS) is 21.5. The predicted molar refractivity (Wildman–Crippen MR) is 93.9 cm³/mol. The lowest BCUT2D eigenvalue weighted by Crippen LogP contribution is -2.36. The highest BCUT2D eigenvalue weighted by Gasteiger charge is 2.22. The summed E-state index contributed by atoms with van der Waals surface area (Å²) in [6.45, 7) is 12.3. The molecule has 0 radical (unpaired) electrons. The van der Waals surface area contributed by atoms with Crippen LogP contribution in [-0.4, -0.2) is 31.0 Å². The first-order valence-electron chi connectivity index (χ1n) is 8.23. The zero-order valence-corrected chi connectivity index (χ0v) is 14.9. The molecule has 0 aromatic heterocycles. The number of allylic oxidation sites excluding steroid dienone is 4. The van der Waals surface area contributed by atoms with Gasteiger partial charge >= 0.3 is 0 Å². The van der Waals surface area contributed by atoms with Crippen LogP contribution >= 0.6 is 0 Å². The molecule has 1 rings (SSSR count). The molecule has 0 atom stereocenters. The SMILES string of the molecule is C/C1=C/C/C=C(/COC(C)(C)CCOC(C)(C)CN)C=CC1. The highest BCUT2D eigenvalue weighted by Crippen LogP contribution is 2.19. The maximum atomic E-state index is 6.09. The average molecular weight is 307 g/mol. The summed E-state index contributed by atoms with van der Waals surface area (Å²) < 4.78 is 11.9. The van der Waals surface area contributed by atoms with Gasteiger partial charge < -0.3 is 15.2 Å². The van der Waals surface area contributed by atoms with Gasteiger partial charge in [0.25, 0.3) is 0 Å². The zero-order valence-electron chi connectivity index (χ0n) is 14.9. The molecule has 0 aliphatic heterocycles. The predicted octanol–water partition coefficient (Wildman–Crippen LogP) is 4.15. The standard InChI is InChI=1S/C19H33NO2/c1-16-8-6-10-17(11-7-9-16)14-22-18(2,3)12-13-21-19(4,5)15-20/h6,9-11H,7-8,12-15,20H2,1-5H3/b10-6?,16-9-,17-11+. The van der Waals surface area contributed by atoms with Crippen LogP contribution in [0.1, 0.15) is 53.9 Å². The fourth-order valence-electron chi connectivity index (χ4n) is 2.05. The van der Waals surface area contributed by atoms with Crippen LogP contribution in [-0.2, 0) is 9.47 Å². The van der Waals surface area contributed by atoms with E-state index in [4.69, 9.17) is 15.2 Å². The summed E-state index contributed by atoms with van der Waals surface area (Å²) in [7, 11) is 0. The van der Waals surface area contributed by atoms with E-state index in [0.29, 0.717) is 19.8 Å². The number of ether oxygens (including phenoxy) is 2. The molecule has 0 heterocycles. The molecule has 0 amide bonds. The molecule has 0 saturated heterocycles. The van der Waals surface area contributed by atoms with Crippen molar-refractivity contribution in [2.24, 2.45) is 5.73 Å². The zero-order chi connectivity index (χ0) is 16.6. The highest BCUT2D eigenvalue weighted by atomic mass is 16.5. The number of hydrogen-bond donors (Lipinski definition) is 1. The van der Waals surface area contributed by atoms with Crippen molar-refractivity contribution in [1.82, 2.24) is 0 Å². The summed E-state index contributed by atoms with van der Waals surface area (Å²) in [6, 6.07) is 0. The third-order valence-electron chi connectivity index (χ3n) is 3.94. The van der Waals surface area contributed by atoms with Crippen molar-refractivity contribution < 1.29 is 9.47 Å². The first-order chi connectivity index (χ1) is 10.2. The Morgan fingerprint density at radius 2 is 1.82 bits per heavy atom. The van der Waals surface area contributed by atoms with Gasteiger partial charge in [-0.2, -0.15) is 0 Å². The summed E-state index contributed by atoms with van der Waals surface area (Å²) in [5.74, 6) is 0. The largest absolute Gasteiger partial charge is 0.374 e. The summed E-state index contributed by atoms with van der Waals surface area (Å²) >= 11 is 0. The van der Waals surface area contributed by atoms with Gasteiger partial charge in [0.05, 0.1) is 24.4 Å². The smallest absolute Gasteiger partial charge is 0.0748 e. The first-order valence-corrected chi connectivity index (χ1v) is 8.23. The summed E-state index contributed by atoms with van der Waals surface area (Å²) in [6.07, 6.45) is 11.8. The molecule has 22 heavy (non-hydrogen) atoms. The minimum absolute atomic E-state index is 0.201. The molecule has 0 aromatic rings. The lowest BCUT2D eigenvalue weighted by molar-refractivity contribution is -0.0631. The van der Waals surface area contributed by atoms with Crippen molar-refractivity contribution >= 4 is 0 Å². The number of nitrogens with two attached hydrogens (primary N) is 1. The molecule has 1 aliphatic carbocycles. The Kier molecular flexibility index (Phi) is 7.54. The van der Waals surface area contributed by atoms with Crippen LogP contribution in [0.2, 0.25) is 0 Å². The molecule has 0 fully saturated rings. The van der Waals surface area contributed by atoms with Crippen LogP contribution in [0.3, 0.4) is 0 Å². The molecule has 0 spiro atoms. The number of hydrogen-bond acceptors (Lipinski definition) is 3. The van der Waals surface area contributed by atoms with Gasteiger partial charge in [0.1, 0.15) is 0 Å². The fourth-order valence-corrected chi connectivity index (χ4v) is 2.05. The molecular formula is C19H33NO2. The monoisotopic (exact) mass is 307 g/mol. The van der Waals surface area contributed by atoms with Crippen LogP contribution in [0.4, 0.5) is 0 Å². The van der Waals surface area contributed by atoms with Gasteiger partial charge in [0.15, 0.2) is 0 Å². The van der Waals surface area contributed by atoms with Crippen molar-refractivity contribution in [1.29, 1.82) is 0 Å². The lowest BCUT2D eigenvalue weighted by Gasteiger charge is -2.29. The van der Waals surface area contributed by atoms with Crippen LogP contribution in [0, 0.1) is 0 Å². The maximum Gasteiger partial charge on any atom is 0.0748 e. The summed E-state index contributed by atoms with van der Waals surface area (Å²) in [5, 5.41) is 0. The molecular weight excluding hydrogens is 274 g/mol. The van der Waals surface area contributed by atoms with E-state index in [1.807, 2.05) is 13.8 Å². The van der Waals surface area contributed by atoms with Crippen LogP contribution in [0.15, 0.2) is 35.5 Å². The van der Waals surface area contributed by atoms with Crippen molar-refractivity contribution in [2.75, 3.05) is 19.8 Å². The third kappa shape index (κ3) is 7.92.